The summed E-state index contributed by atoms with van der Waals surface area (Å²) in [5, 5.41) is 31.4. The molecule has 3 heteroatoms. The Morgan fingerprint density at radius 1 is 0.833 bits per heavy atom. The minimum Gasteiger partial charge on any atom is -0.393 e. The van der Waals surface area contributed by atoms with Crippen molar-refractivity contribution in [3.05, 3.63) is 0 Å². The van der Waals surface area contributed by atoms with Crippen molar-refractivity contribution in [1.29, 1.82) is 0 Å². The molecule has 4 aliphatic rings. The molecule has 0 aromatic heterocycles. The first-order chi connectivity index (χ1) is 11.3. The van der Waals surface area contributed by atoms with E-state index in [0.717, 1.165) is 32.1 Å². The van der Waals surface area contributed by atoms with Crippen molar-refractivity contribution in [3.63, 3.8) is 0 Å². The molecule has 3 nitrogen and oxygen atoms in total. The van der Waals surface area contributed by atoms with Crippen LogP contribution in [-0.2, 0) is 0 Å². The molecular formula is C21H36O3. The number of aliphatic hydroxyl groups is 3. The Bertz CT molecular complexity index is 491. The van der Waals surface area contributed by atoms with Gasteiger partial charge in [-0.3, -0.25) is 0 Å². The molecule has 0 aromatic rings. The van der Waals surface area contributed by atoms with Crippen molar-refractivity contribution < 1.29 is 15.3 Å². The van der Waals surface area contributed by atoms with Gasteiger partial charge in [-0.15, -0.1) is 0 Å². The maximum Gasteiger partial charge on any atom is 0.0577 e. The van der Waals surface area contributed by atoms with Crippen LogP contribution in [0.15, 0.2) is 0 Å². The van der Waals surface area contributed by atoms with Crippen molar-refractivity contribution in [3.8, 4) is 0 Å². The lowest BCUT2D eigenvalue weighted by molar-refractivity contribution is -0.173. The third-order valence-corrected chi connectivity index (χ3v) is 9.31. The van der Waals surface area contributed by atoms with Crippen molar-refractivity contribution in [1.82, 2.24) is 0 Å². The Hall–Kier alpha value is -0.120. The zero-order valence-corrected chi connectivity index (χ0v) is 15.6. The summed E-state index contributed by atoms with van der Waals surface area (Å²) in [4.78, 5) is 0. The molecule has 0 bridgehead atoms. The van der Waals surface area contributed by atoms with E-state index in [1.807, 2.05) is 6.92 Å². The zero-order chi connectivity index (χ0) is 17.3. The maximum atomic E-state index is 10.9. The van der Waals surface area contributed by atoms with Gasteiger partial charge in [-0.2, -0.15) is 0 Å². The molecule has 4 fully saturated rings. The van der Waals surface area contributed by atoms with Gasteiger partial charge in [0.2, 0.25) is 0 Å². The number of hydrogen-bond donors (Lipinski definition) is 3. The predicted octanol–water partition coefficient (Wildman–Crippen LogP) is 3.36. The number of aliphatic hydroxyl groups excluding tert-OH is 3. The van der Waals surface area contributed by atoms with Crippen LogP contribution in [0.4, 0.5) is 0 Å². The summed E-state index contributed by atoms with van der Waals surface area (Å²) >= 11 is 0. The van der Waals surface area contributed by atoms with Crippen LogP contribution in [0.3, 0.4) is 0 Å². The van der Waals surface area contributed by atoms with Gasteiger partial charge in [0.25, 0.3) is 0 Å². The van der Waals surface area contributed by atoms with Crippen LogP contribution >= 0.6 is 0 Å². The molecule has 4 rings (SSSR count). The second-order valence-corrected chi connectivity index (χ2v) is 10.2. The van der Waals surface area contributed by atoms with Crippen LogP contribution in [0.25, 0.3) is 0 Å². The Balaban J connectivity index is 1.64. The Labute approximate surface area is 146 Å². The Morgan fingerprint density at radius 3 is 2.21 bits per heavy atom. The molecule has 0 spiro atoms. The summed E-state index contributed by atoms with van der Waals surface area (Å²) in [7, 11) is 0. The highest BCUT2D eigenvalue weighted by Gasteiger charge is 2.62. The first-order valence-corrected chi connectivity index (χ1v) is 10.3. The van der Waals surface area contributed by atoms with Crippen LogP contribution in [0.2, 0.25) is 0 Å². The molecule has 10 atom stereocenters. The lowest BCUT2D eigenvalue weighted by Gasteiger charge is -2.62. The van der Waals surface area contributed by atoms with Crippen molar-refractivity contribution in [2.45, 2.75) is 90.4 Å². The van der Waals surface area contributed by atoms with E-state index < -0.39 is 0 Å². The Kier molecular flexibility index (Phi) is 4.10. The lowest BCUT2D eigenvalue weighted by atomic mass is 9.44. The minimum atomic E-state index is -0.251. The number of fused-ring (bicyclic) bond motifs is 5. The van der Waals surface area contributed by atoms with Gasteiger partial charge in [-0.05, 0) is 98.7 Å². The summed E-state index contributed by atoms with van der Waals surface area (Å²) < 4.78 is 0. The van der Waals surface area contributed by atoms with Crippen molar-refractivity contribution >= 4 is 0 Å². The number of rotatable bonds is 1. The lowest BCUT2D eigenvalue weighted by Crippen LogP contribution is -2.58. The molecule has 0 amide bonds. The van der Waals surface area contributed by atoms with Crippen LogP contribution in [0.5, 0.6) is 0 Å². The SMILES string of the molecule is C[C@H](O)[C@H]1CC[C@H]2[C@@H]3C[C@H](O)[C@@H]4C[C@H](O)CC[C@]4(C)[C@H]3CC[C@]12C. The van der Waals surface area contributed by atoms with Crippen LogP contribution in [0.1, 0.15) is 72.1 Å². The second-order valence-electron chi connectivity index (χ2n) is 10.2. The van der Waals surface area contributed by atoms with E-state index in [0.29, 0.717) is 23.7 Å². The van der Waals surface area contributed by atoms with Crippen LogP contribution < -0.4 is 0 Å². The average Bonchev–Trinajstić information content (AvgIpc) is 2.87. The average molecular weight is 337 g/mol. The fourth-order valence-electron chi connectivity index (χ4n) is 8.11. The highest BCUT2D eigenvalue weighted by Crippen LogP contribution is 2.67. The van der Waals surface area contributed by atoms with Gasteiger partial charge < -0.3 is 15.3 Å². The van der Waals surface area contributed by atoms with Gasteiger partial charge in [0, 0.05) is 0 Å². The fourth-order valence-corrected chi connectivity index (χ4v) is 8.11. The molecular weight excluding hydrogens is 300 g/mol. The standard InChI is InChI=1S/C21H36O3/c1-12(22)15-4-5-16-14-11-19(24)18-10-13(23)6-8-21(18,3)17(14)7-9-20(15,16)2/h12-19,22-24H,4-11H2,1-3H3/t12-,13+,14-,15+,16-,17-,18-,19-,20+,21+/m0/s1. The topological polar surface area (TPSA) is 60.7 Å². The molecule has 0 unspecified atom stereocenters. The summed E-state index contributed by atoms with van der Waals surface area (Å²) in [6.07, 6.45) is 7.86. The fraction of sp³-hybridized carbons (Fsp3) is 1.00. The van der Waals surface area contributed by atoms with Crippen LogP contribution in [0, 0.1) is 40.4 Å². The highest BCUT2D eigenvalue weighted by molar-refractivity contribution is 5.11. The van der Waals surface area contributed by atoms with Gasteiger partial charge in [0.1, 0.15) is 0 Å². The summed E-state index contributed by atoms with van der Waals surface area (Å²) in [6.45, 7) is 6.80. The molecule has 0 heterocycles. The van der Waals surface area contributed by atoms with E-state index in [1.54, 1.807) is 0 Å². The summed E-state index contributed by atoms with van der Waals surface area (Å²) in [6, 6.07) is 0. The minimum absolute atomic E-state index is 0.200. The molecule has 138 valence electrons. The number of hydrogen-bond acceptors (Lipinski definition) is 3. The maximum absolute atomic E-state index is 10.9. The predicted molar refractivity (Wildman–Crippen MR) is 94.3 cm³/mol. The van der Waals surface area contributed by atoms with E-state index in [9.17, 15) is 15.3 Å². The summed E-state index contributed by atoms with van der Waals surface area (Å²) in [5.74, 6) is 2.68. The monoisotopic (exact) mass is 336 g/mol. The van der Waals surface area contributed by atoms with Crippen molar-refractivity contribution in [2.75, 3.05) is 0 Å². The van der Waals surface area contributed by atoms with E-state index >= 15 is 0 Å². The molecule has 4 aliphatic carbocycles. The van der Waals surface area contributed by atoms with Gasteiger partial charge in [-0.25, -0.2) is 0 Å². The van der Waals surface area contributed by atoms with Crippen LogP contribution in [-0.4, -0.2) is 33.6 Å². The first kappa shape index (κ1) is 17.3. The third kappa shape index (κ3) is 2.27. The van der Waals surface area contributed by atoms with Gasteiger partial charge in [-0.1, -0.05) is 13.8 Å². The molecule has 0 aromatic carbocycles. The van der Waals surface area contributed by atoms with E-state index in [1.165, 1.54) is 19.3 Å². The van der Waals surface area contributed by atoms with E-state index in [-0.39, 0.29) is 35.1 Å². The van der Waals surface area contributed by atoms with Crippen molar-refractivity contribution in [2.24, 2.45) is 40.4 Å². The van der Waals surface area contributed by atoms with Gasteiger partial charge in [0.15, 0.2) is 0 Å². The third-order valence-electron chi connectivity index (χ3n) is 9.31. The molecule has 3 N–H and O–H groups in total. The van der Waals surface area contributed by atoms with E-state index in [2.05, 4.69) is 13.8 Å². The first-order valence-electron chi connectivity index (χ1n) is 10.3. The van der Waals surface area contributed by atoms with E-state index in [4.69, 9.17) is 0 Å². The largest absolute Gasteiger partial charge is 0.393 e. The zero-order valence-electron chi connectivity index (χ0n) is 15.6. The summed E-state index contributed by atoms with van der Waals surface area (Å²) in [5.41, 5.74) is 0.457. The van der Waals surface area contributed by atoms with Gasteiger partial charge in [0.05, 0.1) is 18.3 Å². The molecule has 0 aliphatic heterocycles. The molecule has 4 saturated carbocycles. The molecule has 0 radical (unpaired) electrons. The highest BCUT2D eigenvalue weighted by atomic mass is 16.3. The smallest absolute Gasteiger partial charge is 0.0577 e. The normalized spacial score (nSPS) is 58.5. The second kappa shape index (κ2) is 5.69. The Morgan fingerprint density at radius 2 is 1.50 bits per heavy atom. The molecule has 24 heavy (non-hydrogen) atoms. The quantitative estimate of drug-likeness (QED) is 0.688. The van der Waals surface area contributed by atoms with Gasteiger partial charge >= 0.3 is 0 Å². The molecule has 0 saturated heterocycles.